The van der Waals surface area contributed by atoms with E-state index >= 15 is 0 Å². The zero-order valence-corrected chi connectivity index (χ0v) is 20.9. The topological polar surface area (TPSA) is 110 Å². The normalized spacial score (nSPS) is 39.3. The van der Waals surface area contributed by atoms with E-state index < -0.39 is 17.2 Å². The van der Waals surface area contributed by atoms with E-state index in [1.54, 1.807) is 0 Å². The summed E-state index contributed by atoms with van der Waals surface area (Å²) in [5.41, 5.74) is 0.744. The van der Waals surface area contributed by atoms with Crippen molar-refractivity contribution < 1.29 is 24.9 Å². The SMILES string of the molecule is O=C(O)CC1CC2(CCN(C(=O)NC3C4CC5(O)CC3CC(O)(C4)C5)CC2)c2c(Br)cccc21. The Balaban J connectivity index is 1.14. The van der Waals surface area contributed by atoms with Gasteiger partial charge in [0.1, 0.15) is 0 Å². The van der Waals surface area contributed by atoms with Crippen LogP contribution in [0.2, 0.25) is 0 Å². The van der Waals surface area contributed by atoms with Crippen LogP contribution >= 0.6 is 15.9 Å². The number of fused-ring (bicyclic) bond motifs is 2. The van der Waals surface area contributed by atoms with E-state index in [4.69, 9.17) is 0 Å². The number of aliphatic hydroxyl groups is 2. The van der Waals surface area contributed by atoms with E-state index in [2.05, 4.69) is 27.3 Å². The van der Waals surface area contributed by atoms with Gasteiger partial charge in [0.15, 0.2) is 0 Å². The lowest BCUT2D eigenvalue weighted by Crippen LogP contribution is -2.68. The highest BCUT2D eigenvalue weighted by Gasteiger charge is 2.61. The summed E-state index contributed by atoms with van der Waals surface area (Å²) in [5, 5.41) is 34.4. The third kappa shape index (κ3) is 3.59. The molecule has 1 aromatic rings. The maximum Gasteiger partial charge on any atom is 0.317 e. The number of nitrogens with one attached hydrogen (secondary N) is 1. The lowest BCUT2D eigenvalue weighted by atomic mass is 9.50. The highest BCUT2D eigenvalue weighted by molar-refractivity contribution is 9.10. The molecule has 1 heterocycles. The first-order valence-electron chi connectivity index (χ1n) is 12.6. The molecule has 1 atom stereocenters. The summed E-state index contributed by atoms with van der Waals surface area (Å²) in [6.45, 7) is 1.28. The number of carbonyl (C=O) groups excluding carboxylic acids is 1. The number of hydrogen-bond acceptors (Lipinski definition) is 4. The molecule has 1 spiro atoms. The molecule has 6 aliphatic rings. The van der Waals surface area contributed by atoms with E-state index in [1.807, 2.05) is 17.0 Å². The molecule has 8 heteroatoms. The standard InChI is InChI=1S/C26H33BrN2O5/c27-19-3-1-2-18-15(8-20(30)31)9-24(21(18)19)4-6-29(7-5-24)23(32)28-22-16-10-25(33)12-17(22)13-26(34,11-16)14-25/h1-3,15-17,22,33-34H,4-14H2,(H,28,32)(H,30,31). The molecule has 4 N–H and O–H groups in total. The Hall–Kier alpha value is -1.64. The molecule has 1 saturated heterocycles. The van der Waals surface area contributed by atoms with Crippen molar-refractivity contribution in [3.05, 3.63) is 33.8 Å². The number of carboxylic acid groups (broad SMARTS) is 1. The molecule has 1 unspecified atom stereocenters. The Morgan fingerprint density at radius 1 is 1.03 bits per heavy atom. The van der Waals surface area contributed by atoms with E-state index in [-0.39, 0.29) is 41.7 Å². The zero-order chi connectivity index (χ0) is 23.9. The van der Waals surface area contributed by atoms with Gasteiger partial charge in [-0.05, 0) is 79.9 Å². The van der Waals surface area contributed by atoms with Crippen LogP contribution in [0.3, 0.4) is 0 Å². The molecule has 5 fully saturated rings. The van der Waals surface area contributed by atoms with Crippen LogP contribution in [-0.2, 0) is 10.2 Å². The summed E-state index contributed by atoms with van der Waals surface area (Å²) in [6, 6.07) is 6.06. The number of carboxylic acids is 1. The monoisotopic (exact) mass is 532 g/mol. The Bertz CT molecular complexity index is 1000. The highest BCUT2D eigenvalue weighted by Crippen LogP contribution is 2.58. The predicted octanol–water partition coefficient (Wildman–Crippen LogP) is 3.51. The van der Waals surface area contributed by atoms with Crippen molar-refractivity contribution in [3.8, 4) is 0 Å². The van der Waals surface area contributed by atoms with Crippen LogP contribution < -0.4 is 5.32 Å². The number of piperidine rings is 1. The van der Waals surface area contributed by atoms with Gasteiger partial charge in [-0.15, -0.1) is 0 Å². The first kappa shape index (κ1) is 22.8. The third-order valence-corrected chi connectivity index (χ3v) is 10.3. The second kappa shape index (κ2) is 7.68. The molecule has 4 saturated carbocycles. The first-order valence-corrected chi connectivity index (χ1v) is 13.4. The number of benzene rings is 1. The number of halogens is 1. The number of likely N-dealkylation sites (tertiary alicyclic amines) is 1. The molecule has 0 radical (unpaired) electrons. The fourth-order valence-electron chi connectivity index (χ4n) is 8.64. The largest absolute Gasteiger partial charge is 0.481 e. The van der Waals surface area contributed by atoms with Crippen LogP contribution in [0.25, 0.3) is 0 Å². The number of aliphatic carboxylic acids is 1. The van der Waals surface area contributed by atoms with Crippen LogP contribution in [-0.4, -0.2) is 62.6 Å². The summed E-state index contributed by atoms with van der Waals surface area (Å²) in [7, 11) is 0. The fourth-order valence-corrected chi connectivity index (χ4v) is 9.44. The second-order valence-electron chi connectivity index (χ2n) is 11.9. The van der Waals surface area contributed by atoms with E-state index in [0.717, 1.165) is 29.3 Å². The van der Waals surface area contributed by atoms with Crippen molar-refractivity contribution in [1.29, 1.82) is 0 Å². The van der Waals surface area contributed by atoms with Crippen molar-refractivity contribution in [2.24, 2.45) is 11.8 Å². The third-order valence-electron chi connectivity index (χ3n) is 9.61. The summed E-state index contributed by atoms with van der Waals surface area (Å²) in [6.07, 6.45) is 5.72. The van der Waals surface area contributed by atoms with Crippen LogP contribution in [0, 0.1) is 11.8 Å². The summed E-state index contributed by atoms with van der Waals surface area (Å²) >= 11 is 3.72. The molecule has 4 bridgehead atoms. The minimum absolute atomic E-state index is 0.00929. The molecule has 1 aromatic carbocycles. The Labute approximate surface area is 208 Å². The maximum atomic E-state index is 13.3. The van der Waals surface area contributed by atoms with Gasteiger partial charge in [0.05, 0.1) is 17.6 Å². The minimum atomic E-state index is -0.769. The number of amides is 2. The summed E-state index contributed by atoms with van der Waals surface area (Å²) in [4.78, 5) is 26.7. The molecule has 2 amide bonds. The summed E-state index contributed by atoms with van der Waals surface area (Å²) in [5.74, 6) is -0.499. The van der Waals surface area contributed by atoms with Gasteiger partial charge in [-0.2, -0.15) is 0 Å². The van der Waals surface area contributed by atoms with Gasteiger partial charge in [0, 0.05) is 35.4 Å². The summed E-state index contributed by atoms with van der Waals surface area (Å²) < 4.78 is 1.04. The Morgan fingerprint density at radius 2 is 1.65 bits per heavy atom. The predicted molar refractivity (Wildman–Crippen MR) is 129 cm³/mol. The van der Waals surface area contributed by atoms with Gasteiger partial charge in [0.25, 0.3) is 0 Å². The zero-order valence-electron chi connectivity index (χ0n) is 19.3. The molecule has 7 rings (SSSR count). The second-order valence-corrected chi connectivity index (χ2v) is 12.8. The van der Waals surface area contributed by atoms with Crippen LogP contribution in [0.1, 0.15) is 74.8 Å². The van der Waals surface area contributed by atoms with E-state index in [9.17, 15) is 24.9 Å². The highest BCUT2D eigenvalue weighted by atomic mass is 79.9. The molecule has 5 aliphatic carbocycles. The lowest BCUT2D eigenvalue weighted by molar-refractivity contribution is -0.207. The Morgan fingerprint density at radius 3 is 2.24 bits per heavy atom. The molecule has 0 aromatic heterocycles. The number of carbonyl (C=O) groups is 2. The van der Waals surface area contributed by atoms with Crippen molar-refractivity contribution >= 4 is 27.9 Å². The molecule has 184 valence electrons. The van der Waals surface area contributed by atoms with Gasteiger partial charge in [-0.3, -0.25) is 4.79 Å². The molecular weight excluding hydrogens is 500 g/mol. The van der Waals surface area contributed by atoms with Crippen molar-refractivity contribution in [3.63, 3.8) is 0 Å². The van der Waals surface area contributed by atoms with Gasteiger partial charge >= 0.3 is 12.0 Å². The Kier molecular flexibility index (Phi) is 5.15. The van der Waals surface area contributed by atoms with Crippen molar-refractivity contribution in [2.45, 2.75) is 86.4 Å². The van der Waals surface area contributed by atoms with Crippen LogP contribution in [0.4, 0.5) is 4.79 Å². The van der Waals surface area contributed by atoms with Crippen molar-refractivity contribution in [1.82, 2.24) is 10.2 Å². The van der Waals surface area contributed by atoms with E-state index in [1.165, 1.54) is 5.56 Å². The van der Waals surface area contributed by atoms with Gasteiger partial charge in [0.2, 0.25) is 0 Å². The van der Waals surface area contributed by atoms with E-state index in [0.29, 0.717) is 45.2 Å². The maximum absolute atomic E-state index is 13.3. The van der Waals surface area contributed by atoms with Crippen molar-refractivity contribution in [2.75, 3.05) is 13.1 Å². The fraction of sp³-hybridized carbons (Fsp3) is 0.692. The van der Waals surface area contributed by atoms with Crippen LogP contribution in [0.15, 0.2) is 22.7 Å². The van der Waals surface area contributed by atoms with Gasteiger partial charge in [-0.1, -0.05) is 28.1 Å². The average molecular weight is 533 g/mol. The van der Waals surface area contributed by atoms with Gasteiger partial charge < -0.3 is 25.5 Å². The molecule has 7 nitrogen and oxygen atoms in total. The van der Waals surface area contributed by atoms with Gasteiger partial charge in [-0.25, -0.2) is 4.79 Å². The molecule has 1 aliphatic heterocycles. The minimum Gasteiger partial charge on any atom is -0.481 e. The smallest absolute Gasteiger partial charge is 0.317 e. The average Bonchev–Trinajstić information content (AvgIpc) is 3.02. The quantitative estimate of drug-likeness (QED) is 0.476. The lowest BCUT2D eigenvalue weighted by Gasteiger charge is -2.61. The number of hydrogen-bond donors (Lipinski definition) is 4. The first-order chi connectivity index (χ1) is 16.1. The molecule has 34 heavy (non-hydrogen) atoms. The number of rotatable bonds is 3. The number of urea groups is 1. The number of nitrogens with zero attached hydrogens (tertiary/aromatic N) is 1. The molecular formula is C26H33BrN2O5. The van der Waals surface area contributed by atoms with Crippen LogP contribution in [0.5, 0.6) is 0 Å².